The van der Waals surface area contributed by atoms with Crippen LogP contribution in [0.1, 0.15) is 12.1 Å². The summed E-state index contributed by atoms with van der Waals surface area (Å²) in [5.74, 6) is 0.775. The maximum Gasteiger partial charge on any atom is 0.280 e. The van der Waals surface area contributed by atoms with Gasteiger partial charge in [0.05, 0.1) is 10.5 Å². The van der Waals surface area contributed by atoms with Gasteiger partial charge >= 0.3 is 0 Å². The third kappa shape index (κ3) is 3.36. The molecule has 0 N–H and O–H groups in total. The van der Waals surface area contributed by atoms with Crippen LogP contribution < -0.4 is 4.90 Å². The number of hydrogen-bond acceptors (Lipinski definition) is 7. The number of alkyl halides is 2. The molecule has 0 spiro atoms. The predicted molar refractivity (Wildman–Crippen MR) is 112 cm³/mol. The molecule has 0 amide bonds. The Bertz CT molecular complexity index is 1460. The average Bonchev–Trinajstić information content (AvgIpc) is 3.28. The number of benzene rings is 1. The van der Waals surface area contributed by atoms with E-state index in [1.54, 1.807) is 22.4 Å². The summed E-state index contributed by atoms with van der Waals surface area (Å²) in [6.07, 6.45) is 1.60. The number of rotatable bonds is 4. The van der Waals surface area contributed by atoms with E-state index in [9.17, 15) is 13.2 Å². The summed E-state index contributed by atoms with van der Waals surface area (Å²) in [4.78, 5) is 18.6. The number of aromatic nitrogens is 7. The number of hydrogen-bond donors (Lipinski definition) is 0. The smallest absolute Gasteiger partial charge is 0.280 e. The van der Waals surface area contributed by atoms with E-state index in [2.05, 4.69) is 30.1 Å². The zero-order chi connectivity index (χ0) is 22.4. The van der Waals surface area contributed by atoms with Crippen LogP contribution in [0.25, 0.3) is 28.1 Å². The highest BCUT2D eigenvalue weighted by molar-refractivity contribution is 6.31. The third-order valence-electron chi connectivity index (χ3n) is 4.85. The van der Waals surface area contributed by atoms with Crippen LogP contribution in [0.15, 0.2) is 49.1 Å². The first-order valence-corrected chi connectivity index (χ1v) is 9.60. The number of nitrogens with zero attached hydrogens (tertiary/aromatic N) is 8. The van der Waals surface area contributed by atoms with Gasteiger partial charge in [0.1, 0.15) is 29.5 Å². The Balaban J connectivity index is 1.62. The van der Waals surface area contributed by atoms with Gasteiger partial charge in [0.15, 0.2) is 5.82 Å². The molecular weight excluding hydrogens is 445 g/mol. The summed E-state index contributed by atoms with van der Waals surface area (Å²) in [6, 6.07) is 7.09. The summed E-state index contributed by atoms with van der Waals surface area (Å²) in [7, 11) is 1.70. The number of fused-ring (bicyclic) bond motifs is 3. The number of halogens is 4. The Morgan fingerprint density at radius 2 is 1.94 bits per heavy atom. The summed E-state index contributed by atoms with van der Waals surface area (Å²) >= 11 is 5.99. The second-order valence-corrected chi connectivity index (χ2v) is 7.20. The van der Waals surface area contributed by atoms with Gasteiger partial charge in [-0.15, -0.1) is 10.2 Å². The quantitative estimate of drug-likeness (QED) is 0.390. The van der Waals surface area contributed by atoms with Crippen molar-refractivity contribution in [3.05, 3.63) is 65.6 Å². The second kappa shape index (κ2) is 7.68. The normalized spacial score (nSPS) is 11.6. The van der Waals surface area contributed by atoms with E-state index < -0.39 is 12.2 Å². The summed E-state index contributed by atoms with van der Waals surface area (Å²) < 4.78 is 41.4. The fourth-order valence-corrected chi connectivity index (χ4v) is 3.41. The molecule has 0 radical (unpaired) electrons. The molecule has 4 aromatic heterocycles. The number of anilines is 2. The van der Waals surface area contributed by atoms with E-state index in [1.165, 1.54) is 43.0 Å². The van der Waals surface area contributed by atoms with Gasteiger partial charge in [-0.1, -0.05) is 11.6 Å². The fourth-order valence-electron chi connectivity index (χ4n) is 3.25. The monoisotopic (exact) mass is 456 g/mol. The molecule has 32 heavy (non-hydrogen) atoms. The van der Waals surface area contributed by atoms with Gasteiger partial charge in [0.2, 0.25) is 0 Å². The third-order valence-corrected chi connectivity index (χ3v) is 5.13. The minimum absolute atomic E-state index is 0.0450. The van der Waals surface area contributed by atoms with Crippen LogP contribution in [0.5, 0.6) is 0 Å². The molecule has 5 aromatic rings. The van der Waals surface area contributed by atoms with Crippen LogP contribution >= 0.6 is 11.6 Å². The van der Waals surface area contributed by atoms with Crippen LogP contribution in [0.4, 0.5) is 24.8 Å². The molecule has 8 nitrogen and oxygen atoms in total. The van der Waals surface area contributed by atoms with Crippen molar-refractivity contribution in [2.75, 3.05) is 11.9 Å². The van der Waals surface area contributed by atoms with Crippen LogP contribution in [0, 0.1) is 5.82 Å². The lowest BCUT2D eigenvalue weighted by atomic mass is 10.2. The fraction of sp³-hybridized carbons (Fsp3) is 0.100. The Morgan fingerprint density at radius 1 is 1.09 bits per heavy atom. The topological polar surface area (TPSA) is 85.0 Å². The minimum atomic E-state index is -2.66. The van der Waals surface area contributed by atoms with Gasteiger partial charge < -0.3 is 4.90 Å². The Labute approximate surface area is 183 Å². The van der Waals surface area contributed by atoms with Gasteiger partial charge in [-0.05, 0) is 30.3 Å². The first-order chi connectivity index (χ1) is 15.4. The first kappa shape index (κ1) is 20.1. The molecule has 5 rings (SSSR count). The molecule has 0 unspecified atom stereocenters. The zero-order valence-electron chi connectivity index (χ0n) is 16.3. The van der Waals surface area contributed by atoms with E-state index >= 15 is 0 Å². The minimum Gasteiger partial charge on any atom is -0.313 e. The molecule has 0 aliphatic carbocycles. The molecule has 0 aliphatic rings. The van der Waals surface area contributed by atoms with E-state index in [0.717, 1.165) is 0 Å². The zero-order valence-corrected chi connectivity index (χ0v) is 17.0. The van der Waals surface area contributed by atoms with E-state index in [0.29, 0.717) is 33.9 Å². The van der Waals surface area contributed by atoms with Gasteiger partial charge in [-0.2, -0.15) is 4.98 Å². The maximum atomic E-state index is 14.3. The first-order valence-electron chi connectivity index (χ1n) is 9.22. The largest absolute Gasteiger partial charge is 0.313 e. The van der Waals surface area contributed by atoms with Crippen molar-refractivity contribution in [1.82, 2.24) is 34.5 Å². The maximum absolute atomic E-state index is 14.3. The summed E-state index contributed by atoms with van der Waals surface area (Å²) in [6.45, 7) is 0. The van der Waals surface area contributed by atoms with Crippen molar-refractivity contribution >= 4 is 39.9 Å². The number of pyridine rings is 1. The van der Waals surface area contributed by atoms with Crippen LogP contribution in [-0.2, 0) is 0 Å². The molecule has 1 aromatic carbocycles. The molecule has 0 fully saturated rings. The highest BCUT2D eigenvalue weighted by atomic mass is 35.5. The molecule has 0 aliphatic heterocycles. The molecule has 0 saturated heterocycles. The average molecular weight is 457 g/mol. The lowest BCUT2D eigenvalue weighted by molar-refractivity contribution is 0.146. The van der Waals surface area contributed by atoms with Crippen molar-refractivity contribution in [2.24, 2.45) is 0 Å². The van der Waals surface area contributed by atoms with Gasteiger partial charge in [0.25, 0.3) is 12.2 Å². The van der Waals surface area contributed by atoms with Crippen LogP contribution in [0.2, 0.25) is 5.02 Å². The highest BCUT2D eigenvalue weighted by Crippen LogP contribution is 2.32. The van der Waals surface area contributed by atoms with Crippen molar-refractivity contribution < 1.29 is 13.2 Å². The van der Waals surface area contributed by atoms with Crippen molar-refractivity contribution in [3.63, 3.8) is 0 Å². The van der Waals surface area contributed by atoms with Crippen molar-refractivity contribution in [3.8, 4) is 11.4 Å². The SMILES string of the molecule is CN(c1ccnc(-c2ccc(C(F)F)nc2)n1)c1nc2nncn2c2cc(Cl)c(F)cc12. The van der Waals surface area contributed by atoms with Crippen LogP contribution in [-0.4, -0.2) is 41.6 Å². The lowest BCUT2D eigenvalue weighted by Gasteiger charge is -2.20. The van der Waals surface area contributed by atoms with Crippen molar-refractivity contribution in [1.29, 1.82) is 0 Å². The standard InChI is InChI=1S/C20H12ClF3N8/c1-31(16-4-5-25-18(28-16)10-2-3-14(17(23)24)26-8-10)19-11-6-13(22)12(21)7-15(11)32-9-27-30-20(32)29-19/h2-9,17H,1H3. The molecule has 4 heterocycles. The van der Waals surface area contributed by atoms with E-state index in [4.69, 9.17) is 11.6 Å². The molecule has 160 valence electrons. The van der Waals surface area contributed by atoms with Gasteiger partial charge in [-0.25, -0.2) is 23.1 Å². The predicted octanol–water partition coefficient (Wildman–Crippen LogP) is 4.63. The molecule has 0 saturated carbocycles. The van der Waals surface area contributed by atoms with Gasteiger partial charge in [-0.3, -0.25) is 9.38 Å². The van der Waals surface area contributed by atoms with Crippen LogP contribution in [0.3, 0.4) is 0 Å². The van der Waals surface area contributed by atoms with E-state index in [-0.39, 0.29) is 16.5 Å². The Morgan fingerprint density at radius 3 is 2.69 bits per heavy atom. The molecular formula is C20H12ClF3N8. The van der Waals surface area contributed by atoms with Gasteiger partial charge in [0, 0.05) is 30.4 Å². The highest BCUT2D eigenvalue weighted by Gasteiger charge is 2.18. The second-order valence-electron chi connectivity index (χ2n) is 6.79. The Kier molecular flexibility index (Phi) is 4.82. The molecule has 12 heteroatoms. The van der Waals surface area contributed by atoms with Crippen molar-refractivity contribution in [2.45, 2.75) is 6.43 Å². The Hall–Kier alpha value is -3.86. The summed E-state index contributed by atoms with van der Waals surface area (Å²) in [5, 5.41) is 8.26. The summed E-state index contributed by atoms with van der Waals surface area (Å²) in [5.41, 5.74) is 0.697. The molecule has 0 bridgehead atoms. The molecule has 0 atom stereocenters. The van der Waals surface area contributed by atoms with E-state index in [1.807, 2.05) is 0 Å². The lowest BCUT2D eigenvalue weighted by Crippen LogP contribution is -2.15.